The summed E-state index contributed by atoms with van der Waals surface area (Å²) in [7, 11) is 3.38. The molecule has 0 saturated heterocycles. The molecule has 0 spiro atoms. The fourth-order valence-corrected chi connectivity index (χ4v) is 2.82. The molecule has 0 bridgehead atoms. The topological polar surface area (TPSA) is 79.6 Å². The predicted octanol–water partition coefficient (Wildman–Crippen LogP) is 0.812. The van der Waals surface area contributed by atoms with Crippen LogP contribution < -0.4 is 11.2 Å². The van der Waals surface area contributed by atoms with Gasteiger partial charge in [0.05, 0.1) is 5.69 Å². The van der Waals surface area contributed by atoms with E-state index in [0.717, 1.165) is 11.4 Å². The van der Waals surface area contributed by atoms with Crippen molar-refractivity contribution in [3.8, 4) is 5.95 Å². The first kappa shape index (κ1) is 16.0. The van der Waals surface area contributed by atoms with Crippen molar-refractivity contribution in [2.45, 2.75) is 27.3 Å². The molecule has 0 radical (unpaired) electrons. The smallest absolute Gasteiger partial charge is 0.306 e. The lowest BCUT2D eigenvalue weighted by Crippen LogP contribution is -2.39. The van der Waals surface area contributed by atoms with Gasteiger partial charge in [-0.25, -0.2) is 9.48 Å². The molecule has 3 aromatic heterocycles. The van der Waals surface area contributed by atoms with Crippen molar-refractivity contribution in [3.63, 3.8) is 0 Å². The summed E-state index contributed by atoms with van der Waals surface area (Å²) in [6.45, 7) is 5.89. The van der Waals surface area contributed by atoms with E-state index in [1.807, 2.05) is 26.8 Å². The molecule has 0 saturated carbocycles. The number of hydrogen-bond acceptors (Lipinski definition) is 4. The van der Waals surface area contributed by atoms with E-state index in [9.17, 15) is 9.59 Å². The molecule has 0 N–H and O–H groups in total. The Kier molecular flexibility index (Phi) is 3.75. The minimum Gasteiger partial charge on any atom is -0.306 e. The lowest BCUT2D eigenvalue weighted by Gasteiger charge is -2.06. The Balaban J connectivity index is 2.39. The molecule has 8 nitrogen and oxygen atoms in total. The van der Waals surface area contributed by atoms with Crippen LogP contribution in [0.1, 0.15) is 18.3 Å². The molecular formula is C16H20N6O2. The maximum atomic E-state index is 12.8. The Morgan fingerprint density at radius 2 is 1.88 bits per heavy atom. The highest BCUT2D eigenvalue weighted by molar-refractivity contribution is 5.72. The highest BCUT2D eigenvalue weighted by atomic mass is 16.2. The highest BCUT2D eigenvalue weighted by Gasteiger charge is 2.20. The molecule has 0 aliphatic carbocycles. The maximum absolute atomic E-state index is 12.8. The first-order valence-corrected chi connectivity index (χ1v) is 7.67. The van der Waals surface area contributed by atoms with Crippen LogP contribution in [-0.2, 0) is 20.6 Å². The van der Waals surface area contributed by atoms with Crippen molar-refractivity contribution < 1.29 is 0 Å². The van der Waals surface area contributed by atoms with Crippen LogP contribution in [0, 0.1) is 13.8 Å². The SMILES string of the molecule is C/C=C/Cn1c(=O)c2c(nc(-n3nc(C)cc3C)n2C)n(C)c1=O. The van der Waals surface area contributed by atoms with Gasteiger partial charge in [-0.15, -0.1) is 0 Å². The third kappa shape index (κ3) is 2.22. The zero-order valence-electron chi connectivity index (χ0n) is 14.4. The molecule has 0 aliphatic rings. The van der Waals surface area contributed by atoms with E-state index in [4.69, 9.17) is 0 Å². The van der Waals surface area contributed by atoms with Crippen molar-refractivity contribution >= 4 is 11.2 Å². The fraction of sp³-hybridized carbons (Fsp3) is 0.375. The number of rotatable bonds is 3. The van der Waals surface area contributed by atoms with Crippen molar-refractivity contribution in [2.24, 2.45) is 14.1 Å². The molecule has 3 heterocycles. The summed E-state index contributed by atoms with van der Waals surface area (Å²) in [5, 5.41) is 4.42. The molecule has 0 amide bonds. The predicted molar refractivity (Wildman–Crippen MR) is 91.6 cm³/mol. The Bertz CT molecular complexity index is 1080. The number of nitrogens with zero attached hydrogens (tertiary/aromatic N) is 6. The zero-order chi connectivity index (χ0) is 17.6. The summed E-state index contributed by atoms with van der Waals surface area (Å²) in [6, 6.07) is 1.93. The van der Waals surface area contributed by atoms with Gasteiger partial charge >= 0.3 is 5.69 Å². The van der Waals surface area contributed by atoms with Gasteiger partial charge in [0.25, 0.3) is 5.56 Å². The largest absolute Gasteiger partial charge is 0.332 e. The van der Waals surface area contributed by atoms with Gasteiger partial charge in [0.1, 0.15) is 0 Å². The maximum Gasteiger partial charge on any atom is 0.332 e. The number of allylic oxidation sites excluding steroid dienone is 2. The van der Waals surface area contributed by atoms with E-state index in [2.05, 4.69) is 10.1 Å². The third-order valence-corrected chi connectivity index (χ3v) is 4.06. The van der Waals surface area contributed by atoms with E-state index >= 15 is 0 Å². The van der Waals surface area contributed by atoms with Crippen LogP contribution in [0.2, 0.25) is 0 Å². The van der Waals surface area contributed by atoms with Crippen LogP contribution in [-0.4, -0.2) is 28.5 Å². The first-order valence-electron chi connectivity index (χ1n) is 7.67. The molecule has 8 heteroatoms. The Morgan fingerprint density at radius 1 is 1.17 bits per heavy atom. The number of aromatic nitrogens is 6. The van der Waals surface area contributed by atoms with Gasteiger partial charge in [-0.1, -0.05) is 12.2 Å². The van der Waals surface area contributed by atoms with Crippen molar-refractivity contribution in [1.29, 1.82) is 0 Å². The molecule has 0 aromatic carbocycles. The number of imidazole rings is 1. The number of aryl methyl sites for hydroxylation is 4. The molecule has 3 rings (SSSR count). The molecule has 0 aliphatic heterocycles. The molecule has 3 aromatic rings. The Labute approximate surface area is 138 Å². The zero-order valence-corrected chi connectivity index (χ0v) is 14.4. The summed E-state index contributed by atoms with van der Waals surface area (Å²) >= 11 is 0. The molecule has 0 atom stereocenters. The van der Waals surface area contributed by atoms with Crippen LogP contribution >= 0.6 is 0 Å². The van der Waals surface area contributed by atoms with E-state index in [0.29, 0.717) is 17.1 Å². The standard InChI is InChI=1S/C16H20N6O2/c1-6-7-8-21-14(23)12-13(20(5)16(21)24)17-15(19(12)4)22-11(3)9-10(2)18-22/h6-7,9H,8H2,1-5H3/b7-6+. The van der Waals surface area contributed by atoms with Crippen LogP contribution in [0.3, 0.4) is 0 Å². The number of fused-ring (bicyclic) bond motifs is 1. The second-order valence-electron chi connectivity index (χ2n) is 5.81. The van der Waals surface area contributed by atoms with Crippen molar-refractivity contribution in [2.75, 3.05) is 0 Å². The first-order chi connectivity index (χ1) is 11.4. The second-order valence-corrected chi connectivity index (χ2v) is 5.81. The molecule has 24 heavy (non-hydrogen) atoms. The summed E-state index contributed by atoms with van der Waals surface area (Å²) in [5.74, 6) is 0.506. The van der Waals surface area contributed by atoms with E-state index in [-0.39, 0.29) is 17.8 Å². The summed E-state index contributed by atoms with van der Waals surface area (Å²) in [5.41, 5.74) is 1.76. The Hall–Kier alpha value is -2.90. The number of hydrogen-bond donors (Lipinski definition) is 0. The lowest BCUT2D eigenvalue weighted by molar-refractivity contribution is 0.664. The van der Waals surface area contributed by atoms with Gasteiger partial charge in [0.15, 0.2) is 11.2 Å². The van der Waals surface area contributed by atoms with E-state index in [1.165, 1.54) is 9.13 Å². The van der Waals surface area contributed by atoms with Crippen molar-refractivity contribution in [3.05, 3.63) is 50.4 Å². The Morgan fingerprint density at radius 3 is 2.46 bits per heavy atom. The van der Waals surface area contributed by atoms with Crippen LogP contribution in [0.5, 0.6) is 0 Å². The molecule has 0 unspecified atom stereocenters. The fourth-order valence-electron chi connectivity index (χ4n) is 2.82. The highest BCUT2D eigenvalue weighted by Crippen LogP contribution is 2.15. The minimum absolute atomic E-state index is 0.234. The second kappa shape index (κ2) is 5.63. The lowest BCUT2D eigenvalue weighted by atomic mass is 10.4. The molecule has 126 valence electrons. The average molecular weight is 328 g/mol. The van der Waals surface area contributed by atoms with Gasteiger partial charge < -0.3 is 4.57 Å². The summed E-state index contributed by atoms with van der Waals surface area (Å²) < 4.78 is 5.96. The summed E-state index contributed by atoms with van der Waals surface area (Å²) in [6.07, 6.45) is 3.58. The normalized spacial score (nSPS) is 11.9. The van der Waals surface area contributed by atoms with Crippen LogP contribution in [0.4, 0.5) is 0 Å². The van der Waals surface area contributed by atoms with Gasteiger partial charge in [0, 0.05) is 26.3 Å². The van der Waals surface area contributed by atoms with Crippen LogP contribution in [0.15, 0.2) is 27.8 Å². The quantitative estimate of drug-likeness (QED) is 0.667. The molecule has 0 fully saturated rings. The van der Waals surface area contributed by atoms with E-state index < -0.39 is 0 Å². The molecular weight excluding hydrogens is 308 g/mol. The van der Waals surface area contributed by atoms with Crippen LogP contribution in [0.25, 0.3) is 17.1 Å². The van der Waals surface area contributed by atoms with Gasteiger partial charge in [-0.2, -0.15) is 10.1 Å². The van der Waals surface area contributed by atoms with Crippen molar-refractivity contribution in [1.82, 2.24) is 28.5 Å². The minimum atomic E-state index is -0.386. The summed E-state index contributed by atoms with van der Waals surface area (Å²) in [4.78, 5) is 29.7. The third-order valence-electron chi connectivity index (χ3n) is 4.06. The monoisotopic (exact) mass is 328 g/mol. The van der Waals surface area contributed by atoms with Gasteiger partial charge in [-0.3, -0.25) is 13.9 Å². The van der Waals surface area contributed by atoms with E-state index in [1.54, 1.807) is 35.5 Å². The van der Waals surface area contributed by atoms with Gasteiger partial charge in [0.2, 0.25) is 5.95 Å². The average Bonchev–Trinajstić information content (AvgIpc) is 3.04. The van der Waals surface area contributed by atoms with Gasteiger partial charge in [-0.05, 0) is 26.8 Å².